The molecule has 6 heteroatoms. The lowest BCUT2D eigenvalue weighted by Gasteiger charge is -2.12. The summed E-state index contributed by atoms with van der Waals surface area (Å²) in [7, 11) is -0.0968. The molecule has 102 valence electrons. The SMILES string of the molecule is CNCc1cccc(S(=O)(=O)NCC(C)OC)c1. The molecule has 18 heavy (non-hydrogen) atoms. The molecule has 0 bridgehead atoms. The van der Waals surface area contributed by atoms with Crippen molar-refractivity contribution in [2.24, 2.45) is 0 Å². The van der Waals surface area contributed by atoms with Crippen molar-refractivity contribution in [3.63, 3.8) is 0 Å². The van der Waals surface area contributed by atoms with Crippen molar-refractivity contribution >= 4 is 10.0 Å². The Balaban J connectivity index is 2.81. The predicted molar refractivity (Wildman–Crippen MR) is 70.9 cm³/mol. The van der Waals surface area contributed by atoms with E-state index in [0.29, 0.717) is 6.54 Å². The molecule has 1 atom stereocenters. The van der Waals surface area contributed by atoms with Gasteiger partial charge in [-0.15, -0.1) is 0 Å². The molecule has 1 unspecified atom stereocenters. The Morgan fingerprint density at radius 1 is 1.39 bits per heavy atom. The van der Waals surface area contributed by atoms with E-state index < -0.39 is 10.0 Å². The van der Waals surface area contributed by atoms with E-state index in [4.69, 9.17) is 4.74 Å². The van der Waals surface area contributed by atoms with Crippen molar-refractivity contribution < 1.29 is 13.2 Å². The van der Waals surface area contributed by atoms with Crippen LogP contribution in [0.5, 0.6) is 0 Å². The van der Waals surface area contributed by atoms with Crippen molar-refractivity contribution in [1.82, 2.24) is 10.0 Å². The van der Waals surface area contributed by atoms with Crippen LogP contribution in [0.4, 0.5) is 0 Å². The first-order chi connectivity index (χ1) is 8.49. The van der Waals surface area contributed by atoms with Gasteiger partial charge in [0.1, 0.15) is 0 Å². The summed E-state index contributed by atoms with van der Waals surface area (Å²) in [6.45, 7) is 2.70. The third kappa shape index (κ3) is 4.38. The molecular weight excluding hydrogens is 252 g/mol. The Kier molecular flexibility index (Phi) is 5.74. The van der Waals surface area contributed by atoms with Gasteiger partial charge in [0, 0.05) is 20.2 Å². The van der Waals surface area contributed by atoms with E-state index in [2.05, 4.69) is 10.0 Å². The maximum atomic E-state index is 12.0. The standard InChI is InChI=1S/C12H20N2O3S/c1-10(17-3)8-14-18(15,16)12-6-4-5-11(7-12)9-13-2/h4-7,10,13-14H,8-9H2,1-3H3. The van der Waals surface area contributed by atoms with Gasteiger partial charge in [-0.1, -0.05) is 12.1 Å². The van der Waals surface area contributed by atoms with Gasteiger partial charge in [-0.3, -0.25) is 0 Å². The molecule has 0 radical (unpaired) electrons. The Hall–Kier alpha value is -0.950. The fourth-order valence-electron chi connectivity index (χ4n) is 1.42. The highest BCUT2D eigenvalue weighted by Gasteiger charge is 2.15. The van der Waals surface area contributed by atoms with Gasteiger partial charge in [0.05, 0.1) is 11.0 Å². The topological polar surface area (TPSA) is 67.4 Å². The van der Waals surface area contributed by atoms with Crippen molar-refractivity contribution in [2.75, 3.05) is 20.7 Å². The summed E-state index contributed by atoms with van der Waals surface area (Å²) < 4.78 is 31.6. The van der Waals surface area contributed by atoms with Crippen LogP contribution in [0.3, 0.4) is 0 Å². The van der Waals surface area contributed by atoms with Crippen LogP contribution in [-0.4, -0.2) is 35.2 Å². The zero-order chi connectivity index (χ0) is 13.6. The van der Waals surface area contributed by atoms with E-state index in [1.807, 2.05) is 13.1 Å². The minimum absolute atomic E-state index is 0.153. The molecule has 0 aliphatic heterocycles. The van der Waals surface area contributed by atoms with Gasteiger partial charge in [-0.25, -0.2) is 13.1 Å². The Labute approximate surface area is 109 Å². The summed E-state index contributed by atoms with van der Waals surface area (Å²) in [5.74, 6) is 0. The van der Waals surface area contributed by atoms with Crippen LogP contribution in [0.2, 0.25) is 0 Å². The highest BCUT2D eigenvalue weighted by molar-refractivity contribution is 7.89. The molecule has 2 N–H and O–H groups in total. The van der Waals surface area contributed by atoms with Crippen molar-refractivity contribution in [1.29, 1.82) is 0 Å². The molecule has 0 amide bonds. The summed E-state index contributed by atoms with van der Waals surface area (Å²) >= 11 is 0. The first-order valence-corrected chi connectivity index (χ1v) is 7.24. The fourth-order valence-corrected chi connectivity index (χ4v) is 2.61. The number of hydrogen-bond acceptors (Lipinski definition) is 4. The first-order valence-electron chi connectivity index (χ1n) is 5.75. The molecule has 5 nitrogen and oxygen atoms in total. The first kappa shape index (κ1) is 15.1. The molecule has 1 aromatic rings. The Morgan fingerprint density at radius 3 is 2.72 bits per heavy atom. The molecule has 0 aliphatic rings. The monoisotopic (exact) mass is 272 g/mol. The number of ether oxygens (including phenoxy) is 1. The molecule has 1 rings (SSSR count). The third-order valence-electron chi connectivity index (χ3n) is 2.55. The number of nitrogens with one attached hydrogen (secondary N) is 2. The number of methoxy groups -OCH3 is 1. The van der Waals surface area contributed by atoms with Crippen molar-refractivity contribution in [3.05, 3.63) is 29.8 Å². The zero-order valence-corrected chi connectivity index (χ0v) is 11.8. The summed E-state index contributed by atoms with van der Waals surface area (Å²) in [5, 5.41) is 2.99. The van der Waals surface area contributed by atoms with Crippen LogP contribution in [0.15, 0.2) is 29.2 Å². The van der Waals surface area contributed by atoms with Gasteiger partial charge in [0.2, 0.25) is 10.0 Å². The van der Waals surface area contributed by atoms with Gasteiger partial charge in [0.15, 0.2) is 0 Å². The van der Waals surface area contributed by atoms with Crippen molar-refractivity contribution in [3.8, 4) is 0 Å². The highest BCUT2D eigenvalue weighted by atomic mass is 32.2. The zero-order valence-electron chi connectivity index (χ0n) is 10.9. The maximum absolute atomic E-state index is 12.0. The molecular formula is C12H20N2O3S. The summed E-state index contributed by atoms with van der Waals surface area (Å²) in [5.41, 5.74) is 0.931. The second-order valence-electron chi connectivity index (χ2n) is 4.08. The molecule has 0 spiro atoms. The van der Waals surface area contributed by atoms with E-state index in [1.165, 1.54) is 0 Å². The van der Waals surface area contributed by atoms with Crippen LogP contribution in [-0.2, 0) is 21.3 Å². The molecule has 0 heterocycles. The summed E-state index contributed by atoms with van der Waals surface area (Å²) in [4.78, 5) is 0.276. The van der Waals surface area contributed by atoms with Crippen LogP contribution < -0.4 is 10.0 Å². The molecule has 0 saturated carbocycles. The lowest BCUT2D eigenvalue weighted by molar-refractivity contribution is 0.122. The second kappa shape index (κ2) is 6.84. The van der Waals surface area contributed by atoms with E-state index in [1.54, 1.807) is 32.2 Å². The number of benzene rings is 1. The van der Waals surface area contributed by atoms with Gasteiger partial charge in [-0.05, 0) is 31.7 Å². The van der Waals surface area contributed by atoms with Crippen LogP contribution >= 0.6 is 0 Å². The summed E-state index contributed by atoms with van der Waals surface area (Å²) in [6, 6.07) is 6.86. The molecule has 0 aliphatic carbocycles. The average Bonchev–Trinajstić information content (AvgIpc) is 2.37. The van der Waals surface area contributed by atoms with E-state index in [0.717, 1.165) is 5.56 Å². The average molecular weight is 272 g/mol. The van der Waals surface area contributed by atoms with Crippen molar-refractivity contribution in [2.45, 2.75) is 24.5 Å². The second-order valence-corrected chi connectivity index (χ2v) is 5.84. The lowest BCUT2D eigenvalue weighted by atomic mass is 10.2. The van der Waals surface area contributed by atoms with E-state index >= 15 is 0 Å². The van der Waals surface area contributed by atoms with Gasteiger partial charge >= 0.3 is 0 Å². The quantitative estimate of drug-likeness (QED) is 0.767. The molecule has 0 aromatic heterocycles. The predicted octanol–water partition coefficient (Wildman–Crippen LogP) is 0.719. The van der Waals surface area contributed by atoms with E-state index in [9.17, 15) is 8.42 Å². The fraction of sp³-hybridized carbons (Fsp3) is 0.500. The van der Waals surface area contributed by atoms with Gasteiger partial charge in [0.25, 0.3) is 0 Å². The molecule has 0 saturated heterocycles. The maximum Gasteiger partial charge on any atom is 0.240 e. The minimum atomic E-state index is -3.46. The van der Waals surface area contributed by atoms with Crippen LogP contribution in [0.25, 0.3) is 0 Å². The number of hydrogen-bond donors (Lipinski definition) is 2. The lowest BCUT2D eigenvalue weighted by Crippen LogP contribution is -2.31. The summed E-state index contributed by atoms with van der Waals surface area (Å²) in [6.07, 6.45) is -0.153. The highest BCUT2D eigenvalue weighted by Crippen LogP contribution is 2.11. The van der Waals surface area contributed by atoms with E-state index in [-0.39, 0.29) is 17.5 Å². The Morgan fingerprint density at radius 2 is 2.11 bits per heavy atom. The number of rotatable bonds is 7. The van der Waals surface area contributed by atoms with Gasteiger partial charge in [-0.2, -0.15) is 0 Å². The third-order valence-corrected chi connectivity index (χ3v) is 3.97. The molecule has 1 aromatic carbocycles. The van der Waals surface area contributed by atoms with Crippen LogP contribution in [0.1, 0.15) is 12.5 Å². The Bertz CT molecular complexity index is 474. The molecule has 0 fully saturated rings. The number of sulfonamides is 1. The smallest absolute Gasteiger partial charge is 0.240 e. The minimum Gasteiger partial charge on any atom is -0.380 e. The van der Waals surface area contributed by atoms with Crippen LogP contribution in [0, 0.1) is 0 Å². The largest absolute Gasteiger partial charge is 0.380 e. The van der Waals surface area contributed by atoms with Gasteiger partial charge < -0.3 is 10.1 Å². The normalized spacial score (nSPS) is 13.5.